The van der Waals surface area contributed by atoms with Crippen LogP contribution in [0.15, 0.2) is 59.6 Å². The number of aliphatic imine (C=N–C) groups is 1. The SMILES string of the molecule is CN=C(NCCNC(=O)c1ccccc1)N1CCOC(c2cccc(C(F)(F)F)c2)C1. The zero-order valence-corrected chi connectivity index (χ0v) is 17.2. The van der Waals surface area contributed by atoms with Gasteiger partial charge in [-0.15, -0.1) is 0 Å². The molecule has 1 saturated heterocycles. The van der Waals surface area contributed by atoms with Crippen LogP contribution < -0.4 is 10.6 Å². The highest BCUT2D eigenvalue weighted by Gasteiger charge is 2.32. The van der Waals surface area contributed by atoms with E-state index in [0.29, 0.717) is 49.9 Å². The van der Waals surface area contributed by atoms with Crippen molar-refractivity contribution in [3.8, 4) is 0 Å². The van der Waals surface area contributed by atoms with E-state index in [-0.39, 0.29) is 5.91 Å². The van der Waals surface area contributed by atoms with E-state index in [1.54, 1.807) is 37.4 Å². The molecule has 0 aromatic heterocycles. The van der Waals surface area contributed by atoms with Gasteiger partial charge in [-0.1, -0.05) is 30.3 Å². The lowest BCUT2D eigenvalue weighted by Crippen LogP contribution is -2.49. The van der Waals surface area contributed by atoms with Gasteiger partial charge in [0.25, 0.3) is 5.91 Å². The summed E-state index contributed by atoms with van der Waals surface area (Å²) in [6, 6.07) is 14.1. The van der Waals surface area contributed by atoms with Crippen LogP contribution in [0.25, 0.3) is 0 Å². The van der Waals surface area contributed by atoms with Crippen molar-refractivity contribution in [2.45, 2.75) is 12.3 Å². The average Bonchev–Trinajstić information content (AvgIpc) is 2.79. The van der Waals surface area contributed by atoms with Crippen molar-refractivity contribution in [3.63, 3.8) is 0 Å². The summed E-state index contributed by atoms with van der Waals surface area (Å²) >= 11 is 0. The van der Waals surface area contributed by atoms with E-state index in [0.717, 1.165) is 12.1 Å². The van der Waals surface area contributed by atoms with Gasteiger partial charge in [0.05, 0.1) is 18.7 Å². The molecule has 1 unspecified atom stereocenters. The second kappa shape index (κ2) is 10.3. The number of morpholine rings is 1. The van der Waals surface area contributed by atoms with Gasteiger partial charge in [-0.2, -0.15) is 13.2 Å². The zero-order valence-electron chi connectivity index (χ0n) is 17.2. The number of rotatable bonds is 5. The van der Waals surface area contributed by atoms with E-state index in [1.807, 2.05) is 11.0 Å². The molecule has 1 fully saturated rings. The van der Waals surface area contributed by atoms with Gasteiger partial charge in [0.1, 0.15) is 6.10 Å². The van der Waals surface area contributed by atoms with Crippen LogP contribution >= 0.6 is 0 Å². The van der Waals surface area contributed by atoms with Gasteiger partial charge in [0.15, 0.2) is 5.96 Å². The Labute approximate surface area is 179 Å². The van der Waals surface area contributed by atoms with Gasteiger partial charge >= 0.3 is 6.18 Å². The minimum absolute atomic E-state index is 0.159. The third kappa shape index (κ3) is 6.21. The predicted molar refractivity (Wildman–Crippen MR) is 112 cm³/mol. The number of guanidine groups is 1. The Morgan fingerprint density at radius 3 is 2.58 bits per heavy atom. The van der Waals surface area contributed by atoms with Crippen molar-refractivity contribution < 1.29 is 22.7 Å². The smallest absolute Gasteiger partial charge is 0.370 e. The summed E-state index contributed by atoms with van der Waals surface area (Å²) in [5.74, 6) is 0.447. The van der Waals surface area contributed by atoms with Crippen molar-refractivity contribution in [1.82, 2.24) is 15.5 Å². The molecule has 0 saturated carbocycles. The van der Waals surface area contributed by atoms with Crippen LogP contribution in [0.2, 0.25) is 0 Å². The normalized spacial score (nSPS) is 17.4. The number of alkyl halides is 3. The lowest BCUT2D eigenvalue weighted by Gasteiger charge is -2.35. The topological polar surface area (TPSA) is 66.0 Å². The largest absolute Gasteiger partial charge is 0.416 e. The molecule has 31 heavy (non-hydrogen) atoms. The van der Waals surface area contributed by atoms with Crippen molar-refractivity contribution in [2.24, 2.45) is 4.99 Å². The Hall–Kier alpha value is -3.07. The highest BCUT2D eigenvalue weighted by atomic mass is 19.4. The lowest BCUT2D eigenvalue weighted by atomic mass is 10.0. The average molecular weight is 434 g/mol. The summed E-state index contributed by atoms with van der Waals surface area (Å²) in [6.45, 7) is 2.15. The third-order valence-corrected chi connectivity index (χ3v) is 4.89. The van der Waals surface area contributed by atoms with E-state index >= 15 is 0 Å². The highest BCUT2D eigenvalue weighted by Crippen LogP contribution is 2.32. The summed E-state index contributed by atoms with van der Waals surface area (Å²) in [7, 11) is 1.64. The van der Waals surface area contributed by atoms with Crippen LogP contribution in [0.4, 0.5) is 13.2 Å². The first-order valence-electron chi connectivity index (χ1n) is 9.96. The lowest BCUT2D eigenvalue weighted by molar-refractivity contribution is -0.137. The van der Waals surface area contributed by atoms with Gasteiger partial charge in [-0.25, -0.2) is 0 Å². The minimum Gasteiger partial charge on any atom is -0.370 e. The molecule has 6 nitrogen and oxygen atoms in total. The van der Waals surface area contributed by atoms with Crippen molar-refractivity contribution in [2.75, 3.05) is 39.8 Å². The Morgan fingerprint density at radius 1 is 1.13 bits per heavy atom. The number of amides is 1. The van der Waals surface area contributed by atoms with Gasteiger partial charge in [-0.05, 0) is 29.8 Å². The molecule has 1 heterocycles. The molecule has 2 aromatic rings. The maximum atomic E-state index is 13.0. The third-order valence-electron chi connectivity index (χ3n) is 4.89. The number of carbonyl (C=O) groups excluding carboxylic acids is 1. The van der Waals surface area contributed by atoms with E-state index in [2.05, 4.69) is 15.6 Å². The van der Waals surface area contributed by atoms with Crippen LogP contribution in [0.5, 0.6) is 0 Å². The molecule has 0 radical (unpaired) electrons. The van der Waals surface area contributed by atoms with Crippen molar-refractivity contribution in [3.05, 3.63) is 71.3 Å². The zero-order chi connectivity index (χ0) is 22.3. The minimum atomic E-state index is -4.40. The Balaban J connectivity index is 1.53. The number of nitrogens with zero attached hydrogens (tertiary/aromatic N) is 2. The first-order chi connectivity index (χ1) is 14.9. The monoisotopic (exact) mass is 434 g/mol. The van der Waals surface area contributed by atoms with Crippen LogP contribution in [0, 0.1) is 0 Å². The van der Waals surface area contributed by atoms with E-state index < -0.39 is 17.8 Å². The maximum Gasteiger partial charge on any atom is 0.416 e. The van der Waals surface area contributed by atoms with Gasteiger partial charge in [-0.3, -0.25) is 9.79 Å². The molecule has 2 aromatic carbocycles. The Morgan fingerprint density at radius 2 is 1.87 bits per heavy atom. The number of nitrogens with one attached hydrogen (secondary N) is 2. The van der Waals surface area contributed by atoms with Crippen molar-refractivity contribution in [1.29, 1.82) is 0 Å². The number of hydrogen-bond donors (Lipinski definition) is 2. The summed E-state index contributed by atoms with van der Waals surface area (Å²) < 4.78 is 44.8. The number of halogens is 3. The molecule has 0 aliphatic carbocycles. The molecule has 166 valence electrons. The molecular weight excluding hydrogens is 409 g/mol. The molecule has 2 N–H and O–H groups in total. The van der Waals surface area contributed by atoms with E-state index in [9.17, 15) is 18.0 Å². The summed E-state index contributed by atoms with van der Waals surface area (Å²) in [5, 5.41) is 6.01. The van der Waals surface area contributed by atoms with Gasteiger partial charge in [0, 0.05) is 32.2 Å². The number of carbonyl (C=O) groups is 1. The van der Waals surface area contributed by atoms with Gasteiger partial charge in [0.2, 0.25) is 0 Å². The number of benzene rings is 2. The summed E-state index contributed by atoms with van der Waals surface area (Å²) in [5.41, 5.74) is 0.372. The Bertz CT molecular complexity index is 903. The van der Waals surface area contributed by atoms with Crippen molar-refractivity contribution >= 4 is 11.9 Å². The van der Waals surface area contributed by atoms with Crippen LogP contribution in [0.3, 0.4) is 0 Å². The summed E-state index contributed by atoms with van der Waals surface area (Å²) in [4.78, 5) is 18.3. The molecule has 9 heteroatoms. The molecule has 3 rings (SSSR count). The molecule has 1 amide bonds. The molecule has 1 aliphatic rings. The van der Waals surface area contributed by atoms with E-state index in [4.69, 9.17) is 4.74 Å². The number of ether oxygens (including phenoxy) is 1. The molecule has 1 atom stereocenters. The first-order valence-corrected chi connectivity index (χ1v) is 9.96. The molecule has 0 spiro atoms. The van der Waals surface area contributed by atoms with Gasteiger partial charge < -0.3 is 20.3 Å². The quantitative estimate of drug-likeness (QED) is 0.431. The fraction of sp³-hybridized carbons (Fsp3) is 0.364. The standard InChI is InChI=1S/C22H25F3N4O2/c1-26-21(28-11-10-27-20(30)16-6-3-2-4-7-16)29-12-13-31-19(15-29)17-8-5-9-18(14-17)22(23,24)25/h2-9,14,19H,10-13,15H2,1H3,(H,26,28)(H,27,30). The first kappa shape index (κ1) is 22.6. The number of hydrogen-bond acceptors (Lipinski definition) is 3. The van der Waals surface area contributed by atoms with Crippen LogP contribution in [-0.4, -0.2) is 56.6 Å². The van der Waals surface area contributed by atoms with Crippen LogP contribution in [0.1, 0.15) is 27.6 Å². The fourth-order valence-corrected chi connectivity index (χ4v) is 3.33. The maximum absolute atomic E-state index is 13.0. The Kier molecular flexibility index (Phi) is 7.51. The molecular formula is C22H25F3N4O2. The second-order valence-corrected chi connectivity index (χ2v) is 7.02. The molecule has 0 bridgehead atoms. The predicted octanol–water partition coefficient (Wildman–Crippen LogP) is 3.08. The summed E-state index contributed by atoms with van der Waals surface area (Å²) in [6.07, 6.45) is -4.89. The van der Waals surface area contributed by atoms with E-state index in [1.165, 1.54) is 6.07 Å². The fourth-order valence-electron chi connectivity index (χ4n) is 3.33. The van der Waals surface area contributed by atoms with Crippen LogP contribution in [-0.2, 0) is 10.9 Å². The molecule has 1 aliphatic heterocycles. The highest BCUT2D eigenvalue weighted by molar-refractivity contribution is 5.94. The second-order valence-electron chi connectivity index (χ2n) is 7.02.